The van der Waals surface area contributed by atoms with Gasteiger partial charge in [0.15, 0.2) is 0 Å². The summed E-state index contributed by atoms with van der Waals surface area (Å²) in [7, 11) is 3.15. The summed E-state index contributed by atoms with van der Waals surface area (Å²) in [5.41, 5.74) is 0.619. The van der Waals surface area contributed by atoms with Crippen molar-refractivity contribution in [1.82, 2.24) is 10.2 Å². The second-order valence-electron chi connectivity index (χ2n) is 6.20. The fourth-order valence-electron chi connectivity index (χ4n) is 2.34. The first-order valence-electron chi connectivity index (χ1n) is 8.45. The molecule has 1 aliphatic rings. The van der Waals surface area contributed by atoms with E-state index >= 15 is 0 Å². The number of nitrogens with zero attached hydrogens (tertiary/aromatic N) is 1. The topological polar surface area (TPSA) is 87.7 Å². The van der Waals surface area contributed by atoms with Gasteiger partial charge in [0.25, 0.3) is 0 Å². The molecule has 2 N–H and O–H groups in total. The third-order valence-corrected chi connectivity index (χ3v) is 3.97. The molecule has 1 saturated carbocycles. The number of carbonyl (C=O) groups excluding carboxylic acids is 3. The lowest BCUT2D eigenvalue weighted by Crippen LogP contribution is -2.35. The molecule has 1 fully saturated rings. The van der Waals surface area contributed by atoms with E-state index in [1.165, 1.54) is 4.90 Å². The Hall–Kier alpha value is -2.57. The summed E-state index contributed by atoms with van der Waals surface area (Å²) in [6, 6.07) is 7.03. The van der Waals surface area contributed by atoms with Crippen molar-refractivity contribution in [2.45, 2.75) is 25.7 Å². The van der Waals surface area contributed by atoms with Crippen LogP contribution in [-0.4, -0.2) is 49.9 Å². The van der Waals surface area contributed by atoms with Gasteiger partial charge in [0.2, 0.25) is 17.7 Å². The Labute approximate surface area is 147 Å². The van der Waals surface area contributed by atoms with Crippen molar-refractivity contribution in [3.05, 3.63) is 24.3 Å². The highest BCUT2D eigenvalue weighted by atomic mass is 16.5. The molecule has 2 rings (SSSR count). The summed E-state index contributed by atoms with van der Waals surface area (Å²) in [6.07, 6.45) is 2.80. The van der Waals surface area contributed by atoms with E-state index in [1.807, 2.05) is 0 Å². The fraction of sp³-hybridized carbons (Fsp3) is 0.500. The number of hydrogen-bond donors (Lipinski definition) is 2. The number of methoxy groups -OCH3 is 1. The second-order valence-corrected chi connectivity index (χ2v) is 6.20. The summed E-state index contributed by atoms with van der Waals surface area (Å²) in [6.45, 7) is 0.468. The molecular weight excluding hydrogens is 322 g/mol. The number of carbonyl (C=O) groups is 3. The summed E-state index contributed by atoms with van der Waals surface area (Å²) >= 11 is 0. The Morgan fingerprint density at radius 3 is 2.72 bits per heavy atom. The van der Waals surface area contributed by atoms with Crippen LogP contribution in [0.3, 0.4) is 0 Å². The quantitative estimate of drug-likeness (QED) is 0.661. The summed E-state index contributed by atoms with van der Waals surface area (Å²) in [5.74, 6) is 0.514. The molecule has 1 aromatic carbocycles. The average Bonchev–Trinajstić information content (AvgIpc) is 3.43. The maximum Gasteiger partial charge on any atom is 0.243 e. The Balaban J connectivity index is 1.66. The predicted octanol–water partition coefficient (Wildman–Crippen LogP) is 1.40. The van der Waals surface area contributed by atoms with Crippen molar-refractivity contribution in [3.8, 4) is 5.75 Å². The lowest BCUT2D eigenvalue weighted by molar-refractivity contribution is -0.133. The van der Waals surface area contributed by atoms with E-state index in [2.05, 4.69) is 10.6 Å². The lowest BCUT2D eigenvalue weighted by atomic mass is 10.2. The van der Waals surface area contributed by atoms with E-state index in [1.54, 1.807) is 38.4 Å². The van der Waals surface area contributed by atoms with Crippen molar-refractivity contribution in [1.29, 1.82) is 0 Å². The van der Waals surface area contributed by atoms with Gasteiger partial charge in [-0.1, -0.05) is 6.07 Å². The minimum Gasteiger partial charge on any atom is -0.497 e. The smallest absolute Gasteiger partial charge is 0.243 e. The van der Waals surface area contributed by atoms with Crippen LogP contribution in [0.4, 0.5) is 5.69 Å². The van der Waals surface area contributed by atoms with Crippen molar-refractivity contribution in [2.24, 2.45) is 5.92 Å². The van der Waals surface area contributed by atoms with Gasteiger partial charge < -0.3 is 20.3 Å². The zero-order valence-corrected chi connectivity index (χ0v) is 14.7. The number of amides is 3. The molecule has 1 aliphatic carbocycles. The van der Waals surface area contributed by atoms with E-state index in [4.69, 9.17) is 4.74 Å². The molecule has 0 aliphatic heterocycles. The Kier molecular flexibility index (Phi) is 6.80. The van der Waals surface area contributed by atoms with Crippen LogP contribution >= 0.6 is 0 Å². The molecule has 25 heavy (non-hydrogen) atoms. The van der Waals surface area contributed by atoms with Crippen LogP contribution in [0.1, 0.15) is 25.7 Å². The Morgan fingerprint density at radius 2 is 2.04 bits per heavy atom. The van der Waals surface area contributed by atoms with Gasteiger partial charge in [0.05, 0.1) is 13.7 Å². The van der Waals surface area contributed by atoms with Crippen molar-refractivity contribution in [3.63, 3.8) is 0 Å². The van der Waals surface area contributed by atoms with Gasteiger partial charge in [-0.05, 0) is 31.4 Å². The van der Waals surface area contributed by atoms with Gasteiger partial charge >= 0.3 is 0 Å². The van der Waals surface area contributed by atoms with Crippen LogP contribution in [0.5, 0.6) is 5.75 Å². The van der Waals surface area contributed by atoms with Crippen molar-refractivity contribution in [2.75, 3.05) is 32.6 Å². The number of likely N-dealkylation sites (N-methyl/N-ethyl adjacent to an activating group) is 1. The number of anilines is 1. The largest absolute Gasteiger partial charge is 0.497 e. The first kappa shape index (κ1) is 18.8. The SMILES string of the molecule is COc1cccc(NC(=O)CN(C)C(=O)CCCNC(=O)C2CC2)c1. The minimum atomic E-state index is -0.272. The standard InChI is InChI=1S/C18H25N3O4/c1-21(17(23)7-4-10-19-18(24)13-8-9-13)12-16(22)20-14-5-3-6-15(11-14)25-2/h3,5-6,11,13H,4,7-10,12H2,1-2H3,(H,19,24)(H,20,22). The van der Waals surface area contributed by atoms with Crippen LogP contribution in [0.2, 0.25) is 0 Å². The highest BCUT2D eigenvalue weighted by Gasteiger charge is 2.29. The molecule has 0 bridgehead atoms. The van der Waals surface area contributed by atoms with Crippen molar-refractivity contribution < 1.29 is 19.1 Å². The zero-order chi connectivity index (χ0) is 18.2. The van der Waals surface area contributed by atoms with Crippen molar-refractivity contribution >= 4 is 23.4 Å². The van der Waals surface area contributed by atoms with E-state index in [0.717, 1.165) is 12.8 Å². The van der Waals surface area contributed by atoms with Gasteiger partial charge in [0, 0.05) is 37.7 Å². The molecule has 1 aromatic rings. The van der Waals surface area contributed by atoms with E-state index < -0.39 is 0 Å². The summed E-state index contributed by atoms with van der Waals surface area (Å²) < 4.78 is 5.10. The van der Waals surface area contributed by atoms with Crippen LogP contribution in [0.25, 0.3) is 0 Å². The first-order valence-corrected chi connectivity index (χ1v) is 8.45. The van der Waals surface area contributed by atoms with Gasteiger partial charge in [-0.2, -0.15) is 0 Å². The predicted molar refractivity (Wildman–Crippen MR) is 94.2 cm³/mol. The van der Waals surface area contributed by atoms with E-state index in [-0.39, 0.29) is 30.2 Å². The molecule has 0 spiro atoms. The molecule has 3 amide bonds. The zero-order valence-electron chi connectivity index (χ0n) is 14.7. The average molecular weight is 347 g/mol. The molecule has 0 heterocycles. The van der Waals surface area contributed by atoms with Crippen LogP contribution in [-0.2, 0) is 14.4 Å². The molecule has 0 saturated heterocycles. The number of benzene rings is 1. The third-order valence-electron chi connectivity index (χ3n) is 3.97. The van der Waals surface area contributed by atoms with Gasteiger partial charge in [0.1, 0.15) is 5.75 Å². The molecule has 7 nitrogen and oxygen atoms in total. The Bertz CT molecular complexity index is 629. The van der Waals surface area contributed by atoms with Crippen LogP contribution in [0, 0.1) is 5.92 Å². The maximum atomic E-state index is 12.0. The highest BCUT2D eigenvalue weighted by molar-refractivity contribution is 5.94. The van der Waals surface area contributed by atoms with Gasteiger partial charge in [-0.25, -0.2) is 0 Å². The molecule has 0 unspecified atom stereocenters. The summed E-state index contributed by atoms with van der Waals surface area (Å²) in [5, 5.41) is 5.56. The normalized spacial score (nSPS) is 13.0. The number of hydrogen-bond acceptors (Lipinski definition) is 4. The molecule has 136 valence electrons. The monoisotopic (exact) mass is 347 g/mol. The molecule has 0 atom stereocenters. The van der Waals surface area contributed by atoms with E-state index in [9.17, 15) is 14.4 Å². The number of ether oxygens (including phenoxy) is 1. The molecular formula is C18H25N3O4. The highest BCUT2D eigenvalue weighted by Crippen LogP contribution is 2.28. The third kappa shape index (κ3) is 6.45. The van der Waals surface area contributed by atoms with E-state index in [0.29, 0.717) is 30.8 Å². The molecule has 0 radical (unpaired) electrons. The van der Waals surface area contributed by atoms with Gasteiger partial charge in [-0.15, -0.1) is 0 Å². The number of nitrogens with one attached hydrogen (secondary N) is 2. The fourth-order valence-corrected chi connectivity index (χ4v) is 2.34. The van der Waals surface area contributed by atoms with Gasteiger partial charge in [-0.3, -0.25) is 14.4 Å². The minimum absolute atomic E-state index is 0.0233. The Morgan fingerprint density at radius 1 is 1.28 bits per heavy atom. The van der Waals surface area contributed by atoms with Crippen LogP contribution in [0.15, 0.2) is 24.3 Å². The summed E-state index contributed by atoms with van der Waals surface area (Å²) in [4.78, 5) is 36.9. The number of rotatable bonds is 9. The first-order chi connectivity index (χ1) is 12.0. The second kappa shape index (κ2) is 9.05. The van der Waals surface area contributed by atoms with Crippen LogP contribution < -0.4 is 15.4 Å². The maximum absolute atomic E-state index is 12.0. The molecule has 0 aromatic heterocycles. The molecule has 7 heteroatoms. The lowest BCUT2D eigenvalue weighted by Gasteiger charge is -2.17.